The molecule has 3 nitrogen and oxygen atoms in total. The van der Waals surface area contributed by atoms with Crippen molar-refractivity contribution in [2.24, 2.45) is 5.16 Å². The summed E-state index contributed by atoms with van der Waals surface area (Å²) in [6.07, 6.45) is 2.78. The molecule has 0 aromatic heterocycles. The monoisotopic (exact) mass is 329 g/mol. The molecule has 0 aliphatic carbocycles. The van der Waals surface area contributed by atoms with Crippen molar-refractivity contribution in [3.8, 4) is 5.75 Å². The van der Waals surface area contributed by atoms with E-state index < -0.39 is 0 Å². The highest BCUT2D eigenvalue weighted by molar-refractivity contribution is 8.00. The van der Waals surface area contributed by atoms with Gasteiger partial charge in [0.2, 0.25) is 0 Å². The largest absolute Gasteiger partial charge is 0.497 e. The van der Waals surface area contributed by atoms with Gasteiger partial charge in [0.15, 0.2) is 0 Å². The minimum atomic E-state index is 0.528. The third kappa shape index (κ3) is 6.22. The Morgan fingerprint density at radius 2 is 1.90 bits per heavy atom. The lowest BCUT2D eigenvalue weighted by Crippen LogP contribution is -2.16. The van der Waals surface area contributed by atoms with Gasteiger partial charge in [-0.25, -0.2) is 0 Å². The standard InChI is InChI=1S/C12H15NO2S2.2C2H6/c1-8-6-11(13-15-16-3)10-7-9(14-2)4-5-12(10)17-8;2*1-2/h4-5,7-8H,6H2,1-3H3;2*1-2H3/b13-11+;;. The molecule has 0 amide bonds. The first-order valence-corrected chi connectivity index (χ1v) is 9.39. The van der Waals surface area contributed by atoms with E-state index in [-0.39, 0.29) is 0 Å². The van der Waals surface area contributed by atoms with E-state index in [2.05, 4.69) is 18.1 Å². The van der Waals surface area contributed by atoms with E-state index in [4.69, 9.17) is 9.02 Å². The van der Waals surface area contributed by atoms with Gasteiger partial charge >= 0.3 is 0 Å². The first-order valence-electron chi connectivity index (χ1n) is 7.36. The lowest BCUT2D eigenvalue weighted by Gasteiger charge is -2.22. The Morgan fingerprint density at radius 3 is 2.48 bits per heavy atom. The summed E-state index contributed by atoms with van der Waals surface area (Å²) in [5, 5.41) is 4.71. The summed E-state index contributed by atoms with van der Waals surface area (Å²) in [5.74, 6) is 0.857. The molecule has 0 spiro atoms. The van der Waals surface area contributed by atoms with Gasteiger partial charge in [0.05, 0.1) is 24.9 Å². The van der Waals surface area contributed by atoms with Gasteiger partial charge in [-0.15, -0.1) is 11.8 Å². The summed E-state index contributed by atoms with van der Waals surface area (Å²) in [4.78, 5) is 1.24. The zero-order valence-electron chi connectivity index (χ0n) is 14.1. The van der Waals surface area contributed by atoms with E-state index in [0.717, 1.165) is 23.4 Å². The second-order valence-corrected chi connectivity index (χ2v) is 5.74. The zero-order chi connectivity index (χ0) is 16.3. The first kappa shape index (κ1) is 20.2. The highest BCUT2D eigenvalue weighted by Gasteiger charge is 2.22. The molecule has 1 aromatic rings. The number of fused-ring (bicyclic) bond motifs is 1. The number of hydrogen-bond acceptors (Lipinski definition) is 5. The fourth-order valence-electron chi connectivity index (χ4n) is 1.77. The van der Waals surface area contributed by atoms with Crippen molar-refractivity contribution in [1.29, 1.82) is 0 Å². The fourth-order valence-corrected chi connectivity index (χ4v) is 3.06. The summed E-state index contributed by atoms with van der Waals surface area (Å²) in [5.41, 5.74) is 2.13. The normalized spacial score (nSPS) is 17.7. The third-order valence-corrected chi connectivity index (χ3v) is 3.93. The Morgan fingerprint density at radius 1 is 1.24 bits per heavy atom. The summed E-state index contributed by atoms with van der Waals surface area (Å²) in [7, 11) is 1.68. The lowest BCUT2D eigenvalue weighted by atomic mass is 10.0. The van der Waals surface area contributed by atoms with Gasteiger partial charge < -0.3 is 9.02 Å². The third-order valence-electron chi connectivity index (χ3n) is 2.53. The molecule has 0 radical (unpaired) electrons. The molecular formula is C16H27NO2S2. The number of rotatable bonds is 3. The second-order valence-electron chi connectivity index (χ2n) is 3.77. The van der Waals surface area contributed by atoms with Crippen LogP contribution in [0.15, 0.2) is 28.3 Å². The molecule has 0 saturated heterocycles. The van der Waals surface area contributed by atoms with Crippen LogP contribution in [0.2, 0.25) is 0 Å². The summed E-state index contributed by atoms with van der Waals surface area (Å²) >= 11 is 3.13. The van der Waals surface area contributed by atoms with Crippen LogP contribution in [0.3, 0.4) is 0 Å². The highest BCUT2D eigenvalue weighted by atomic mass is 32.2. The number of nitrogens with zero attached hydrogens (tertiary/aromatic N) is 1. The van der Waals surface area contributed by atoms with Crippen LogP contribution in [0.25, 0.3) is 0 Å². The summed E-state index contributed by atoms with van der Waals surface area (Å²) < 4.78 is 10.4. The number of ether oxygens (including phenoxy) is 1. The minimum absolute atomic E-state index is 0.528. The van der Waals surface area contributed by atoms with Crippen molar-refractivity contribution in [3.05, 3.63) is 23.8 Å². The number of hydrogen-bond donors (Lipinski definition) is 0. The summed E-state index contributed by atoms with van der Waals surface area (Å²) in [6, 6.07) is 6.09. The molecule has 1 aliphatic heterocycles. The fraction of sp³-hybridized carbons (Fsp3) is 0.562. The van der Waals surface area contributed by atoms with E-state index in [9.17, 15) is 0 Å². The second kappa shape index (κ2) is 11.8. The quantitative estimate of drug-likeness (QED) is 0.531. The molecule has 2 rings (SSSR count). The van der Waals surface area contributed by atoms with Gasteiger partial charge in [-0.3, -0.25) is 0 Å². The average Bonchev–Trinajstić information content (AvgIpc) is 2.55. The van der Waals surface area contributed by atoms with Crippen LogP contribution in [-0.4, -0.2) is 24.3 Å². The Bertz CT molecular complexity index is 436. The maximum absolute atomic E-state index is 5.25. The molecular weight excluding hydrogens is 302 g/mol. The molecule has 0 saturated carbocycles. The number of benzene rings is 1. The van der Waals surface area contributed by atoms with Crippen molar-refractivity contribution < 1.29 is 9.02 Å². The highest BCUT2D eigenvalue weighted by Crippen LogP contribution is 2.37. The topological polar surface area (TPSA) is 30.8 Å². The van der Waals surface area contributed by atoms with Gasteiger partial charge in [-0.1, -0.05) is 39.8 Å². The predicted octanol–water partition coefficient (Wildman–Crippen LogP) is 5.63. The van der Waals surface area contributed by atoms with E-state index >= 15 is 0 Å². The molecule has 1 aromatic carbocycles. The number of thioether (sulfide) groups is 1. The minimum Gasteiger partial charge on any atom is -0.497 e. The maximum atomic E-state index is 5.25. The molecule has 1 atom stereocenters. The van der Waals surface area contributed by atoms with Crippen molar-refractivity contribution in [2.75, 3.05) is 13.4 Å². The zero-order valence-corrected chi connectivity index (χ0v) is 15.7. The van der Waals surface area contributed by atoms with Gasteiger partial charge in [-0.05, 0) is 18.2 Å². The molecule has 120 valence electrons. The van der Waals surface area contributed by atoms with Crippen LogP contribution in [0.5, 0.6) is 5.75 Å². The van der Waals surface area contributed by atoms with Crippen LogP contribution in [0.4, 0.5) is 0 Å². The Labute approximate surface area is 138 Å². The Kier molecular flexibility index (Phi) is 11.4. The van der Waals surface area contributed by atoms with Crippen molar-refractivity contribution in [1.82, 2.24) is 0 Å². The Balaban J connectivity index is 0.000000921. The van der Waals surface area contributed by atoms with Crippen LogP contribution in [-0.2, 0) is 4.28 Å². The molecule has 1 heterocycles. The van der Waals surface area contributed by atoms with Crippen LogP contribution in [0, 0.1) is 0 Å². The smallest absolute Gasteiger partial charge is 0.119 e. The molecule has 0 N–H and O–H groups in total. The number of oxime groups is 1. The molecule has 0 bridgehead atoms. The van der Waals surface area contributed by atoms with Crippen molar-refractivity contribution in [3.63, 3.8) is 0 Å². The van der Waals surface area contributed by atoms with Crippen LogP contribution >= 0.6 is 23.8 Å². The SMILES string of the molecule is CC.CC.COc1ccc2c(c1)/C(=N/OSC)CC(C)S2. The first-order chi connectivity index (χ1) is 10.2. The van der Waals surface area contributed by atoms with Crippen molar-refractivity contribution in [2.45, 2.75) is 51.2 Å². The van der Waals surface area contributed by atoms with Crippen molar-refractivity contribution >= 4 is 29.5 Å². The van der Waals surface area contributed by atoms with E-state index in [1.165, 1.54) is 16.9 Å². The summed E-state index contributed by atoms with van der Waals surface area (Å²) in [6.45, 7) is 10.2. The molecule has 1 aliphatic rings. The molecule has 0 fully saturated rings. The Hall–Kier alpha value is -0.810. The van der Waals surface area contributed by atoms with E-state index in [1.54, 1.807) is 7.11 Å². The van der Waals surface area contributed by atoms with Crippen LogP contribution < -0.4 is 4.74 Å². The van der Waals surface area contributed by atoms with Crippen LogP contribution in [0.1, 0.15) is 46.6 Å². The molecule has 1 unspecified atom stereocenters. The molecule has 5 heteroatoms. The van der Waals surface area contributed by atoms with E-state index in [1.807, 2.05) is 57.8 Å². The van der Waals surface area contributed by atoms with Gasteiger partial charge in [-0.2, -0.15) is 0 Å². The van der Waals surface area contributed by atoms with Gasteiger partial charge in [0.1, 0.15) is 5.75 Å². The van der Waals surface area contributed by atoms with Gasteiger partial charge in [0.25, 0.3) is 0 Å². The number of methoxy groups -OCH3 is 1. The van der Waals surface area contributed by atoms with Gasteiger partial charge in [0, 0.05) is 28.4 Å². The average molecular weight is 330 g/mol. The molecule has 21 heavy (non-hydrogen) atoms. The van der Waals surface area contributed by atoms with E-state index in [0.29, 0.717) is 5.25 Å². The lowest BCUT2D eigenvalue weighted by molar-refractivity contribution is 0.405. The maximum Gasteiger partial charge on any atom is 0.119 e. The predicted molar refractivity (Wildman–Crippen MR) is 96.8 cm³/mol.